The van der Waals surface area contributed by atoms with Crippen LogP contribution in [0.4, 0.5) is 0 Å². The lowest BCUT2D eigenvalue weighted by atomic mass is 10.1. The van der Waals surface area contributed by atoms with Gasteiger partial charge in [0.25, 0.3) is 5.89 Å². The van der Waals surface area contributed by atoms with Crippen LogP contribution in [0.3, 0.4) is 0 Å². The molecular formula is C19H11Cl2N3O3. The van der Waals surface area contributed by atoms with Crippen LogP contribution in [0.1, 0.15) is 16.2 Å². The summed E-state index contributed by atoms with van der Waals surface area (Å²) < 4.78 is 10.4. The van der Waals surface area contributed by atoms with E-state index in [1.165, 1.54) is 6.07 Å². The van der Waals surface area contributed by atoms with Crippen LogP contribution < -0.4 is 0 Å². The molecule has 0 atom stereocenters. The minimum Gasteiger partial charge on any atom is -0.452 e. The zero-order valence-electron chi connectivity index (χ0n) is 13.7. The molecular weight excluding hydrogens is 389 g/mol. The van der Waals surface area contributed by atoms with Crippen molar-refractivity contribution in [2.75, 3.05) is 0 Å². The molecule has 0 aliphatic rings. The largest absolute Gasteiger partial charge is 0.452 e. The standard InChI is InChI=1S/C19H11Cl2N3O3/c20-12-7-5-11(6-8-12)18-23-17(27-24-18)10-26-19(25)14-9-16(21)22-15-4-2-1-3-13(14)15/h1-9H,10H2. The first-order valence-electron chi connectivity index (χ1n) is 7.91. The zero-order valence-corrected chi connectivity index (χ0v) is 15.2. The predicted octanol–water partition coefficient (Wildman–Crippen LogP) is 4.95. The van der Waals surface area contributed by atoms with Crippen LogP contribution in [0, 0.1) is 0 Å². The predicted molar refractivity (Wildman–Crippen MR) is 101 cm³/mol. The van der Waals surface area contributed by atoms with Crippen molar-refractivity contribution >= 4 is 40.1 Å². The number of hydrogen-bond acceptors (Lipinski definition) is 6. The second-order valence-corrected chi connectivity index (χ2v) is 6.43. The van der Waals surface area contributed by atoms with Gasteiger partial charge in [0.05, 0.1) is 11.1 Å². The van der Waals surface area contributed by atoms with Gasteiger partial charge in [0, 0.05) is 16.0 Å². The summed E-state index contributed by atoms with van der Waals surface area (Å²) in [5, 5.41) is 5.35. The van der Waals surface area contributed by atoms with Gasteiger partial charge in [-0.25, -0.2) is 9.78 Å². The molecule has 0 aliphatic carbocycles. The van der Waals surface area contributed by atoms with Crippen molar-refractivity contribution in [1.82, 2.24) is 15.1 Å². The van der Waals surface area contributed by atoms with Gasteiger partial charge in [-0.05, 0) is 36.4 Å². The van der Waals surface area contributed by atoms with E-state index in [9.17, 15) is 4.79 Å². The third-order valence-electron chi connectivity index (χ3n) is 3.80. The molecule has 0 bridgehead atoms. The molecule has 4 rings (SSSR count). The van der Waals surface area contributed by atoms with Gasteiger partial charge in [0.2, 0.25) is 5.82 Å². The molecule has 8 heteroatoms. The van der Waals surface area contributed by atoms with E-state index in [2.05, 4.69) is 15.1 Å². The Hall–Kier alpha value is -2.96. The topological polar surface area (TPSA) is 78.1 Å². The molecule has 0 spiro atoms. The summed E-state index contributed by atoms with van der Waals surface area (Å²) in [6.07, 6.45) is 0. The molecule has 0 fully saturated rings. The second kappa shape index (κ2) is 7.34. The van der Waals surface area contributed by atoms with Crippen LogP contribution in [-0.4, -0.2) is 21.1 Å². The van der Waals surface area contributed by atoms with Crippen LogP contribution in [-0.2, 0) is 11.3 Å². The highest BCUT2D eigenvalue weighted by atomic mass is 35.5. The average molecular weight is 400 g/mol. The Bertz CT molecular complexity index is 1130. The van der Waals surface area contributed by atoms with E-state index in [-0.39, 0.29) is 17.7 Å². The molecule has 0 saturated heterocycles. The Morgan fingerprint density at radius 1 is 1.04 bits per heavy atom. The lowest BCUT2D eigenvalue weighted by Crippen LogP contribution is -2.07. The van der Waals surface area contributed by atoms with Crippen molar-refractivity contribution in [3.8, 4) is 11.4 Å². The van der Waals surface area contributed by atoms with Gasteiger partial charge >= 0.3 is 5.97 Å². The number of halogens is 2. The molecule has 2 aromatic heterocycles. The molecule has 2 heterocycles. The Morgan fingerprint density at radius 3 is 2.63 bits per heavy atom. The van der Waals surface area contributed by atoms with Crippen molar-refractivity contribution < 1.29 is 14.1 Å². The molecule has 0 unspecified atom stereocenters. The van der Waals surface area contributed by atoms with Gasteiger partial charge in [0.15, 0.2) is 6.61 Å². The fraction of sp³-hybridized carbons (Fsp3) is 0.0526. The number of fused-ring (bicyclic) bond motifs is 1. The summed E-state index contributed by atoms with van der Waals surface area (Å²) in [7, 11) is 0. The quantitative estimate of drug-likeness (QED) is 0.356. The van der Waals surface area contributed by atoms with Crippen molar-refractivity contribution in [2.45, 2.75) is 6.61 Å². The summed E-state index contributed by atoms with van der Waals surface area (Å²) in [5.74, 6) is 0.00891. The first kappa shape index (κ1) is 17.5. The summed E-state index contributed by atoms with van der Waals surface area (Å²) >= 11 is 11.9. The first-order valence-corrected chi connectivity index (χ1v) is 8.67. The molecule has 0 N–H and O–H groups in total. The number of ether oxygens (including phenoxy) is 1. The molecule has 27 heavy (non-hydrogen) atoms. The van der Waals surface area contributed by atoms with Gasteiger partial charge < -0.3 is 9.26 Å². The number of benzene rings is 2. The molecule has 2 aromatic carbocycles. The Labute approximate surface area is 163 Å². The smallest absolute Gasteiger partial charge is 0.339 e. The molecule has 4 aromatic rings. The van der Waals surface area contributed by atoms with Gasteiger partial charge in [0.1, 0.15) is 5.15 Å². The number of hydrogen-bond donors (Lipinski definition) is 0. The van der Waals surface area contributed by atoms with E-state index in [0.29, 0.717) is 27.3 Å². The third-order valence-corrected chi connectivity index (χ3v) is 4.25. The van der Waals surface area contributed by atoms with Crippen molar-refractivity contribution in [3.63, 3.8) is 0 Å². The highest BCUT2D eigenvalue weighted by Crippen LogP contribution is 2.22. The Kier molecular flexibility index (Phi) is 4.75. The lowest BCUT2D eigenvalue weighted by molar-refractivity contribution is 0.0432. The van der Waals surface area contributed by atoms with Crippen LogP contribution >= 0.6 is 23.2 Å². The molecule has 0 aliphatic heterocycles. The van der Waals surface area contributed by atoms with E-state index < -0.39 is 5.97 Å². The van der Waals surface area contributed by atoms with Gasteiger partial charge in [-0.2, -0.15) is 4.98 Å². The number of pyridine rings is 1. The zero-order chi connectivity index (χ0) is 18.8. The minimum atomic E-state index is -0.554. The fourth-order valence-electron chi connectivity index (χ4n) is 2.55. The van der Waals surface area contributed by atoms with Gasteiger partial charge in [-0.3, -0.25) is 0 Å². The average Bonchev–Trinajstić information content (AvgIpc) is 3.15. The lowest BCUT2D eigenvalue weighted by Gasteiger charge is -2.06. The normalized spacial score (nSPS) is 10.9. The Balaban J connectivity index is 1.51. The van der Waals surface area contributed by atoms with Gasteiger partial charge in [-0.1, -0.05) is 46.6 Å². The number of carbonyl (C=O) groups excluding carboxylic acids is 1. The molecule has 0 saturated carbocycles. The van der Waals surface area contributed by atoms with E-state index in [4.69, 9.17) is 32.5 Å². The summed E-state index contributed by atoms with van der Waals surface area (Å²) in [6.45, 7) is -0.159. The summed E-state index contributed by atoms with van der Waals surface area (Å²) in [6, 6.07) is 15.6. The molecule has 134 valence electrons. The van der Waals surface area contributed by atoms with Crippen molar-refractivity contribution in [2.24, 2.45) is 0 Å². The maximum Gasteiger partial charge on any atom is 0.339 e. The summed E-state index contributed by atoms with van der Waals surface area (Å²) in [5.41, 5.74) is 1.68. The highest BCUT2D eigenvalue weighted by molar-refractivity contribution is 6.30. The van der Waals surface area contributed by atoms with Crippen LogP contribution in [0.15, 0.2) is 59.1 Å². The van der Waals surface area contributed by atoms with Crippen LogP contribution in [0.2, 0.25) is 10.2 Å². The number of carbonyl (C=O) groups is 1. The van der Waals surface area contributed by atoms with Crippen molar-refractivity contribution in [1.29, 1.82) is 0 Å². The fourth-order valence-corrected chi connectivity index (χ4v) is 2.87. The maximum absolute atomic E-state index is 12.5. The van der Waals surface area contributed by atoms with Crippen LogP contribution in [0.5, 0.6) is 0 Å². The van der Waals surface area contributed by atoms with E-state index in [1.807, 2.05) is 12.1 Å². The third kappa shape index (κ3) is 3.77. The summed E-state index contributed by atoms with van der Waals surface area (Å²) in [4.78, 5) is 20.9. The molecule has 6 nitrogen and oxygen atoms in total. The molecule has 0 amide bonds. The first-order chi connectivity index (χ1) is 13.1. The maximum atomic E-state index is 12.5. The van der Waals surface area contributed by atoms with Crippen LogP contribution in [0.25, 0.3) is 22.3 Å². The molecule has 0 radical (unpaired) electrons. The van der Waals surface area contributed by atoms with E-state index in [0.717, 1.165) is 5.56 Å². The number of aromatic nitrogens is 3. The Morgan fingerprint density at radius 2 is 1.81 bits per heavy atom. The van der Waals surface area contributed by atoms with Gasteiger partial charge in [-0.15, -0.1) is 0 Å². The van der Waals surface area contributed by atoms with E-state index >= 15 is 0 Å². The van der Waals surface area contributed by atoms with E-state index in [1.54, 1.807) is 36.4 Å². The number of nitrogens with zero attached hydrogens (tertiary/aromatic N) is 3. The SMILES string of the molecule is O=C(OCc1nc(-c2ccc(Cl)cc2)no1)c1cc(Cl)nc2ccccc12. The number of para-hydroxylation sites is 1. The number of rotatable bonds is 4. The highest BCUT2D eigenvalue weighted by Gasteiger charge is 2.16. The van der Waals surface area contributed by atoms with Crippen molar-refractivity contribution in [3.05, 3.63) is 76.2 Å². The second-order valence-electron chi connectivity index (χ2n) is 5.60. The monoisotopic (exact) mass is 399 g/mol. The minimum absolute atomic E-state index is 0.159. The number of esters is 1.